The summed E-state index contributed by atoms with van der Waals surface area (Å²) in [5.74, 6) is 0. The van der Waals surface area contributed by atoms with Gasteiger partial charge < -0.3 is 19.9 Å². The Kier molecular flexibility index (Phi) is 6.57. The molecule has 18 heavy (non-hydrogen) atoms. The van der Waals surface area contributed by atoms with Crippen molar-refractivity contribution in [2.75, 3.05) is 54.0 Å². The van der Waals surface area contributed by atoms with E-state index in [9.17, 15) is 0 Å². The van der Waals surface area contributed by atoms with Gasteiger partial charge in [0.25, 0.3) is 0 Å². The highest BCUT2D eigenvalue weighted by Crippen LogP contribution is 2.26. The Morgan fingerprint density at radius 3 is 2.39 bits per heavy atom. The van der Waals surface area contributed by atoms with Crippen LogP contribution in [0.1, 0.15) is 26.7 Å². The molecule has 0 amide bonds. The van der Waals surface area contributed by atoms with E-state index in [-0.39, 0.29) is 0 Å². The maximum atomic E-state index is 5.19. The minimum atomic E-state index is 0.313. The summed E-state index contributed by atoms with van der Waals surface area (Å²) in [4.78, 5) is 4.95. The van der Waals surface area contributed by atoms with Gasteiger partial charge in [-0.05, 0) is 53.5 Å². The van der Waals surface area contributed by atoms with Gasteiger partial charge in [-0.2, -0.15) is 0 Å². The van der Waals surface area contributed by atoms with Gasteiger partial charge in [0.1, 0.15) is 0 Å². The van der Waals surface area contributed by atoms with Crippen molar-refractivity contribution in [2.24, 2.45) is 0 Å². The van der Waals surface area contributed by atoms with Gasteiger partial charge in [0, 0.05) is 25.2 Å². The molecule has 1 N–H and O–H groups in total. The number of rotatable bonds is 7. The van der Waals surface area contributed by atoms with E-state index in [1.54, 1.807) is 7.11 Å². The van der Waals surface area contributed by atoms with E-state index in [1.165, 1.54) is 32.5 Å². The van der Waals surface area contributed by atoms with Gasteiger partial charge in [-0.25, -0.2) is 0 Å². The molecule has 0 aromatic rings. The van der Waals surface area contributed by atoms with Crippen LogP contribution in [0.25, 0.3) is 0 Å². The van der Waals surface area contributed by atoms with Crippen LogP contribution in [0.4, 0.5) is 0 Å². The molecule has 1 fully saturated rings. The largest absolute Gasteiger partial charge is 0.383 e. The molecule has 1 rings (SSSR count). The average Bonchev–Trinajstić information content (AvgIpc) is 2.37. The fraction of sp³-hybridized carbons (Fsp3) is 1.00. The number of hydrogen-bond acceptors (Lipinski definition) is 4. The molecule has 0 saturated carbocycles. The lowest BCUT2D eigenvalue weighted by molar-refractivity contribution is 0.0528. The second-order valence-electron chi connectivity index (χ2n) is 5.79. The molecule has 0 aromatic heterocycles. The van der Waals surface area contributed by atoms with Crippen molar-refractivity contribution in [3.63, 3.8) is 0 Å². The van der Waals surface area contributed by atoms with Crippen molar-refractivity contribution < 1.29 is 4.74 Å². The number of ether oxygens (including phenoxy) is 1. The van der Waals surface area contributed by atoms with E-state index in [4.69, 9.17) is 4.74 Å². The van der Waals surface area contributed by atoms with Crippen molar-refractivity contribution in [1.29, 1.82) is 0 Å². The van der Waals surface area contributed by atoms with Crippen LogP contribution in [0.15, 0.2) is 0 Å². The second kappa shape index (κ2) is 7.43. The van der Waals surface area contributed by atoms with Gasteiger partial charge in [0.2, 0.25) is 0 Å². The molecular weight excluding hydrogens is 226 g/mol. The fourth-order valence-electron chi connectivity index (χ4n) is 2.74. The van der Waals surface area contributed by atoms with Gasteiger partial charge >= 0.3 is 0 Å². The molecule has 0 spiro atoms. The first kappa shape index (κ1) is 15.9. The van der Waals surface area contributed by atoms with E-state index < -0.39 is 0 Å². The molecule has 0 aromatic carbocycles. The predicted octanol–water partition coefficient (Wildman–Crippen LogP) is 1.03. The van der Waals surface area contributed by atoms with Crippen molar-refractivity contribution >= 4 is 0 Å². The second-order valence-corrected chi connectivity index (χ2v) is 5.79. The standard InChI is InChI=1S/C14H31N3O/c1-6-17-9-7-14(8-10-17,16(3)4)12-15-13(2)11-18-5/h13,15H,6-12H2,1-5H3/t13-/m0/s1. The molecule has 1 saturated heterocycles. The molecule has 4 nitrogen and oxygen atoms in total. The fourth-order valence-corrected chi connectivity index (χ4v) is 2.74. The lowest BCUT2D eigenvalue weighted by atomic mass is 9.86. The minimum absolute atomic E-state index is 0.313. The van der Waals surface area contributed by atoms with Gasteiger partial charge in [-0.1, -0.05) is 6.92 Å². The van der Waals surface area contributed by atoms with Crippen LogP contribution < -0.4 is 5.32 Å². The van der Waals surface area contributed by atoms with Crippen LogP contribution in [0.5, 0.6) is 0 Å². The lowest BCUT2D eigenvalue weighted by Crippen LogP contribution is -2.58. The summed E-state index contributed by atoms with van der Waals surface area (Å²) < 4.78 is 5.19. The Balaban J connectivity index is 2.49. The SMILES string of the molecule is CCN1CCC(CN[C@@H](C)COC)(N(C)C)CC1. The first-order valence-corrected chi connectivity index (χ1v) is 7.16. The van der Waals surface area contributed by atoms with Crippen molar-refractivity contribution in [3.05, 3.63) is 0 Å². The summed E-state index contributed by atoms with van der Waals surface area (Å²) in [5.41, 5.74) is 0.313. The number of likely N-dealkylation sites (N-methyl/N-ethyl adjacent to an activating group) is 1. The van der Waals surface area contributed by atoms with Crippen LogP contribution in [0.2, 0.25) is 0 Å². The minimum Gasteiger partial charge on any atom is -0.383 e. The Hall–Kier alpha value is -0.160. The number of piperidine rings is 1. The number of likely N-dealkylation sites (tertiary alicyclic amines) is 1. The average molecular weight is 257 g/mol. The highest BCUT2D eigenvalue weighted by atomic mass is 16.5. The maximum absolute atomic E-state index is 5.19. The summed E-state index contributed by atoms with van der Waals surface area (Å²) in [5, 5.41) is 3.62. The normalized spacial score (nSPS) is 22.3. The quantitative estimate of drug-likeness (QED) is 0.737. The van der Waals surface area contributed by atoms with Crippen molar-refractivity contribution in [3.8, 4) is 0 Å². The molecular formula is C14H31N3O. The van der Waals surface area contributed by atoms with Crippen molar-refractivity contribution in [2.45, 2.75) is 38.3 Å². The molecule has 1 aliphatic heterocycles. The topological polar surface area (TPSA) is 27.7 Å². The highest BCUT2D eigenvalue weighted by Gasteiger charge is 2.36. The molecule has 0 radical (unpaired) electrons. The molecule has 108 valence electrons. The van der Waals surface area contributed by atoms with E-state index in [0.29, 0.717) is 11.6 Å². The van der Waals surface area contributed by atoms with Crippen LogP contribution in [0, 0.1) is 0 Å². The van der Waals surface area contributed by atoms with E-state index in [1.807, 2.05) is 0 Å². The van der Waals surface area contributed by atoms with Crippen molar-refractivity contribution in [1.82, 2.24) is 15.1 Å². The van der Waals surface area contributed by atoms with Crippen LogP contribution >= 0.6 is 0 Å². The first-order chi connectivity index (χ1) is 8.54. The summed E-state index contributed by atoms with van der Waals surface area (Å²) in [6, 6.07) is 0.427. The van der Waals surface area contributed by atoms with Gasteiger partial charge in [-0.15, -0.1) is 0 Å². The predicted molar refractivity (Wildman–Crippen MR) is 77.1 cm³/mol. The Morgan fingerprint density at radius 1 is 1.33 bits per heavy atom. The van der Waals surface area contributed by atoms with Gasteiger partial charge in [0.05, 0.1) is 6.61 Å². The molecule has 0 aliphatic carbocycles. The van der Waals surface area contributed by atoms with Crippen LogP contribution in [-0.2, 0) is 4.74 Å². The summed E-state index contributed by atoms with van der Waals surface area (Å²) >= 11 is 0. The van der Waals surface area contributed by atoms with E-state index in [2.05, 4.69) is 43.1 Å². The van der Waals surface area contributed by atoms with E-state index >= 15 is 0 Å². The number of hydrogen-bond donors (Lipinski definition) is 1. The Bertz CT molecular complexity index is 225. The lowest BCUT2D eigenvalue weighted by Gasteiger charge is -2.46. The zero-order valence-corrected chi connectivity index (χ0v) is 12.8. The molecule has 0 unspecified atom stereocenters. The summed E-state index contributed by atoms with van der Waals surface area (Å²) in [7, 11) is 6.19. The zero-order chi connectivity index (χ0) is 13.6. The summed E-state index contributed by atoms with van der Waals surface area (Å²) in [6.45, 7) is 9.89. The number of nitrogens with zero attached hydrogens (tertiary/aromatic N) is 2. The maximum Gasteiger partial charge on any atom is 0.0613 e. The third-order valence-corrected chi connectivity index (χ3v) is 4.38. The molecule has 1 heterocycles. The summed E-state index contributed by atoms with van der Waals surface area (Å²) in [6.07, 6.45) is 2.50. The molecule has 1 aliphatic rings. The van der Waals surface area contributed by atoms with Crippen LogP contribution in [0.3, 0.4) is 0 Å². The number of methoxy groups -OCH3 is 1. The first-order valence-electron chi connectivity index (χ1n) is 7.16. The third-order valence-electron chi connectivity index (χ3n) is 4.38. The monoisotopic (exact) mass is 257 g/mol. The molecule has 4 heteroatoms. The third kappa shape index (κ3) is 4.19. The smallest absolute Gasteiger partial charge is 0.0613 e. The molecule has 0 bridgehead atoms. The molecule has 1 atom stereocenters. The Morgan fingerprint density at radius 2 is 1.94 bits per heavy atom. The highest BCUT2D eigenvalue weighted by molar-refractivity contribution is 4.95. The van der Waals surface area contributed by atoms with E-state index in [0.717, 1.165) is 13.2 Å². The zero-order valence-electron chi connectivity index (χ0n) is 12.8. The van der Waals surface area contributed by atoms with Crippen LogP contribution in [-0.4, -0.2) is 75.4 Å². The Labute approximate surface area is 113 Å². The van der Waals surface area contributed by atoms with Gasteiger partial charge in [0.15, 0.2) is 0 Å². The number of nitrogens with one attached hydrogen (secondary N) is 1. The van der Waals surface area contributed by atoms with Gasteiger partial charge in [-0.3, -0.25) is 0 Å².